The highest BCUT2D eigenvalue weighted by Gasteiger charge is 2.30. The number of ether oxygens (including phenoxy) is 2. The SMILES string of the molecule is COCC(=O)NC(C)CNc1nccc(-c2oc(-c3ccc(C(F)(F)F)cc3)nc2-c2cnc(N)c(OC)c2)n1. The molecule has 40 heavy (non-hydrogen) atoms. The first kappa shape index (κ1) is 28.3. The molecule has 0 bridgehead atoms. The van der Waals surface area contributed by atoms with E-state index in [1.165, 1.54) is 38.7 Å². The maximum absolute atomic E-state index is 13.1. The molecule has 0 fully saturated rings. The number of nitrogens with one attached hydrogen (secondary N) is 2. The summed E-state index contributed by atoms with van der Waals surface area (Å²) in [6.45, 7) is 2.06. The van der Waals surface area contributed by atoms with Gasteiger partial charge in [-0.3, -0.25) is 4.79 Å². The number of hydrogen-bond donors (Lipinski definition) is 3. The van der Waals surface area contributed by atoms with E-state index in [1.54, 1.807) is 19.1 Å². The van der Waals surface area contributed by atoms with Crippen molar-refractivity contribution in [3.05, 3.63) is 54.4 Å². The van der Waals surface area contributed by atoms with E-state index in [2.05, 4.69) is 30.6 Å². The lowest BCUT2D eigenvalue weighted by Crippen LogP contribution is -2.39. The molecule has 1 atom stereocenters. The van der Waals surface area contributed by atoms with E-state index in [9.17, 15) is 18.0 Å². The third-order valence-electron chi connectivity index (χ3n) is 5.60. The fourth-order valence-electron chi connectivity index (χ4n) is 3.68. The van der Waals surface area contributed by atoms with Crippen molar-refractivity contribution in [1.82, 2.24) is 25.3 Å². The van der Waals surface area contributed by atoms with Crippen LogP contribution in [0.4, 0.5) is 24.9 Å². The Morgan fingerprint density at radius 2 is 1.85 bits per heavy atom. The van der Waals surface area contributed by atoms with E-state index in [-0.39, 0.29) is 42.0 Å². The molecule has 0 spiro atoms. The van der Waals surface area contributed by atoms with E-state index in [1.807, 2.05) is 0 Å². The predicted molar refractivity (Wildman–Crippen MR) is 140 cm³/mol. The van der Waals surface area contributed by atoms with Crippen LogP contribution in [0.2, 0.25) is 0 Å². The topological polar surface area (TPSA) is 150 Å². The fourth-order valence-corrected chi connectivity index (χ4v) is 3.68. The number of aromatic nitrogens is 4. The van der Waals surface area contributed by atoms with Crippen molar-refractivity contribution in [3.8, 4) is 39.9 Å². The zero-order valence-corrected chi connectivity index (χ0v) is 21.7. The summed E-state index contributed by atoms with van der Waals surface area (Å²) in [5.41, 5.74) is 6.52. The molecule has 1 amide bonds. The van der Waals surface area contributed by atoms with E-state index in [4.69, 9.17) is 19.6 Å². The number of pyridine rings is 1. The molecule has 3 aromatic heterocycles. The summed E-state index contributed by atoms with van der Waals surface area (Å²) in [5, 5.41) is 5.82. The number of methoxy groups -OCH3 is 2. The Kier molecular flexibility index (Phi) is 8.48. The second kappa shape index (κ2) is 12.0. The van der Waals surface area contributed by atoms with Crippen LogP contribution in [-0.2, 0) is 15.7 Å². The molecule has 0 aliphatic carbocycles. The number of alkyl halides is 3. The van der Waals surface area contributed by atoms with Crippen LogP contribution >= 0.6 is 0 Å². The minimum atomic E-state index is -4.48. The van der Waals surface area contributed by atoms with Gasteiger partial charge in [-0.25, -0.2) is 19.9 Å². The average Bonchev–Trinajstić information content (AvgIpc) is 3.38. The number of carbonyl (C=O) groups is 1. The van der Waals surface area contributed by atoms with Crippen molar-refractivity contribution in [1.29, 1.82) is 0 Å². The first-order chi connectivity index (χ1) is 19.1. The van der Waals surface area contributed by atoms with Crippen LogP contribution in [0.25, 0.3) is 34.2 Å². The van der Waals surface area contributed by atoms with E-state index in [0.29, 0.717) is 34.8 Å². The lowest BCUT2D eigenvalue weighted by molar-refractivity contribution is -0.137. The molecule has 210 valence electrons. The number of benzene rings is 1. The monoisotopic (exact) mass is 557 g/mol. The van der Waals surface area contributed by atoms with Gasteiger partial charge in [-0.2, -0.15) is 13.2 Å². The molecule has 0 radical (unpaired) electrons. The minimum absolute atomic E-state index is 0.0589. The van der Waals surface area contributed by atoms with Crippen LogP contribution in [-0.4, -0.2) is 59.3 Å². The Bertz CT molecular complexity index is 1480. The first-order valence-corrected chi connectivity index (χ1v) is 11.9. The number of oxazole rings is 1. The van der Waals surface area contributed by atoms with E-state index >= 15 is 0 Å². The number of rotatable bonds is 10. The van der Waals surface area contributed by atoms with Gasteiger partial charge >= 0.3 is 6.18 Å². The second-order valence-corrected chi connectivity index (χ2v) is 8.63. The van der Waals surface area contributed by atoms with Crippen molar-refractivity contribution in [3.63, 3.8) is 0 Å². The van der Waals surface area contributed by atoms with Crippen LogP contribution in [0.5, 0.6) is 5.75 Å². The van der Waals surface area contributed by atoms with Crippen LogP contribution in [0.3, 0.4) is 0 Å². The molecule has 0 saturated heterocycles. The summed E-state index contributed by atoms with van der Waals surface area (Å²) in [4.78, 5) is 29.2. The molecule has 0 saturated carbocycles. The van der Waals surface area contributed by atoms with Gasteiger partial charge in [0.1, 0.15) is 18.0 Å². The van der Waals surface area contributed by atoms with Gasteiger partial charge in [0.25, 0.3) is 0 Å². The van der Waals surface area contributed by atoms with E-state index < -0.39 is 11.7 Å². The predicted octanol–water partition coefficient (Wildman–Crippen LogP) is 4.03. The van der Waals surface area contributed by atoms with Crippen LogP contribution in [0.15, 0.2) is 53.2 Å². The van der Waals surface area contributed by atoms with Crippen molar-refractivity contribution < 1.29 is 31.9 Å². The third-order valence-corrected chi connectivity index (χ3v) is 5.60. The molecule has 3 heterocycles. The van der Waals surface area contributed by atoms with Crippen LogP contribution in [0.1, 0.15) is 12.5 Å². The molecule has 0 aliphatic rings. The van der Waals surface area contributed by atoms with Crippen molar-refractivity contribution in [2.75, 3.05) is 38.4 Å². The normalized spacial score (nSPS) is 12.2. The van der Waals surface area contributed by atoms with Crippen molar-refractivity contribution >= 4 is 17.7 Å². The summed E-state index contributed by atoms with van der Waals surface area (Å²) in [7, 11) is 2.87. The third kappa shape index (κ3) is 6.64. The molecular weight excluding hydrogens is 531 g/mol. The van der Waals surface area contributed by atoms with E-state index in [0.717, 1.165) is 12.1 Å². The molecule has 0 aliphatic heterocycles. The first-order valence-electron chi connectivity index (χ1n) is 11.9. The number of amides is 1. The van der Waals surface area contributed by atoms with Crippen molar-refractivity contribution in [2.24, 2.45) is 0 Å². The largest absolute Gasteiger partial charge is 0.493 e. The van der Waals surface area contributed by atoms with Gasteiger partial charge in [0.2, 0.25) is 17.7 Å². The zero-order chi connectivity index (χ0) is 28.9. The molecular formula is C26H26F3N7O4. The fraction of sp³-hybridized carbons (Fsp3) is 0.269. The second-order valence-electron chi connectivity index (χ2n) is 8.63. The summed E-state index contributed by atoms with van der Waals surface area (Å²) >= 11 is 0. The lowest BCUT2D eigenvalue weighted by atomic mass is 10.1. The maximum Gasteiger partial charge on any atom is 0.416 e. The molecule has 4 rings (SSSR count). The number of halogens is 3. The molecule has 4 aromatic rings. The van der Waals surface area contributed by atoms with Gasteiger partial charge in [0.15, 0.2) is 17.3 Å². The number of nitrogen functional groups attached to an aromatic ring is 1. The highest BCUT2D eigenvalue weighted by atomic mass is 19.4. The molecule has 14 heteroatoms. The standard InChI is InChI=1S/C26H26F3N7O4/c1-14(34-20(37)13-38-2)11-33-25-31-9-8-18(35-25)22-21(16-10-19(39-3)23(30)32-12-16)36-24(40-22)15-4-6-17(7-5-15)26(27,28)29/h4-10,12,14H,11,13H2,1-3H3,(H2,30,32)(H,34,37)(H,31,33,35). The highest BCUT2D eigenvalue weighted by Crippen LogP contribution is 2.38. The number of anilines is 2. The van der Waals surface area contributed by atoms with Crippen molar-refractivity contribution in [2.45, 2.75) is 19.1 Å². The quantitative estimate of drug-likeness (QED) is 0.261. The van der Waals surface area contributed by atoms with Gasteiger partial charge in [-0.15, -0.1) is 0 Å². The number of nitrogens with two attached hydrogens (primary N) is 1. The Labute approximate surface area is 227 Å². The Balaban J connectivity index is 1.69. The summed E-state index contributed by atoms with van der Waals surface area (Å²) in [6, 6.07) is 7.41. The molecule has 1 unspecified atom stereocenters. The molecule has 11 nitrogen and oxygen atoms in total. The minimum Gasteiger partial charge on any atom is -0.493 e. The zero-order valence-electron chi connectivity index (χ0n) is 21.7. The van der Waals surface area contributed by atoms with Gasteiger partial charge in [0.05, 0.1) is 12.7 Å². The summed E-state index contributed by atoms with van der Waals surface area (Å²) in [5.74, 6) is 0.738. The van der Waals surface area contributed by atoms with Gasteiger partial charge in [-0.05, 0) is 43.3 Å². The Morgan fingerprint density at radius 3 is 2.52 bits per heavy atom. The number of carbonyl (C=O) groups excluding carboxylic acids is 1. The smallest absolute Gasteiger partial charge is 0.416 e. The summed E-state index contributed by atoms with van der Waals surface area (Å²) < 4.78 is 55.4. The highest BCUT2D eigenvalue weighted by molar-refractivity contribution is 5.79. The maximum atomic E-state index is 13.1. The van der Waals surface area contributed by atoms with Gasteiger partial charge in [-0.1, -0.05) is 0 Å². The number of hydrogen-bond acceptors (Lipinski definition) is 10. The average molecular weight is 558 g/mol. The van der Waals surface area contributed by atoms with Gasteiger partial charge < -0.3 is 30.3 Å². The van der Waals surface area contributed by atoms with Gasteiger partial charge in [0, 0.05) is 43.2 Å². The molecule has 4 N–H and O–H groups in total. The Hall–Kier alpha value is -4.72. The van der Waals surface area contributed by atoms with Crippen LogP contribution < -0.4 is 21.1 Å². The number of nitrogens with zero attached hydrogens (tertiary/aromatic N) is 4. The lowest BCUT2D eigenvalue weighted by Gasteiger charge is -2.14. The van der Waals surface area contributed by atoms with Crippen LogP contribution in [0, 0.1) is 0 Å². The summed E-state index contributed by atoms with van der Waals surface area (Å²) in [6.07, 6.45) is -1.50. The Morgan fingerprint density at radius 1 is 1.10 bits per heavy atom. The molecule has 1 aromatic carbocycles.